The molecule has 1 amide bonds. The van der Waals surface area contributed by atoms with E-state index in [1.54, 1.807) is 31.0 Å². The smallest absolute Gasteiger partial charge is 0.409 e. The number of pyridine rings is 1. The molecule has 0 spiro atoms. The number of rotatable bonds is 5. The number of ether oxygens (including phenoxy) is 1. The molecule has 128 valence electrons. The summed E-state index contributed by atoms with van der Waals surface area (Å²) in [5.41, 5.74) is 0.896. The molecule has 0 atom stereocenters. The molecule has 1 aliphatic heterocycles. The van der Waals surface area contributed by atoms with Crippen molar-refractivity contribution in [3.05, 3.63) is 18.3 Å². The third-order valence-corrected chi connectivity index (χ3v) is 4.84. The number of nitrogens with zero attached hydrogens (tertiary/aromatic N) is 3. The molecule has 0 saturated carbocycles. The maximum Gasteiger partial charge on any atom is 0.409 e. The number of anilines is 2. The molecule has 1 N–H and O–H groups in total. The van der Waals surface area contributed by atoms with Crippen LogP contribution >= 0.6 is 0 Å². The predicted octanol–water partition coefficient (Wildman–Crippen LogP) is 1.12. The molecule has 8 nitrogen and oxygen atoms in total. The Morgan fingerprint density at radius 2 is 1.96 bits per heavy atom. The Labute approximate surface area is 136 Å². The van der Waals surface area contributed by atoms with Gasteiger partial charge in [0, 0.05) is 26.2 Å². The van der Waals surface area contributed by atoms with Crippen LogP contribution in [0.1, 0.15) is 13.8 Å². The zero-order chi connectivity index (χ0) is 16.9. The summed E-state index contributed by atoms with van der Waals surface area (Å²) in [7, 11) is -3.32. The van der Waals surface area contributed by atoms with E-state index in [1.165, 1.54) is 0 Å². The van der Waals surface area contributed by atoms with E-state index < -0.39 is 10.0 Å². The second-order valence-electron chi connectivity index (χ2n) is 5.08. The van der Waals surface area contributed by atoms with Crippen LogP contribution in [0, 0.1) is 0 Å². The van der Waals surface area contributed by atoms with Crippen molar-refractivity contribution in [2.45, 2.75) is 13.8 Å². The Morgan fingerprint density at radius 1 is 1.26 bits per heavy atom. The van der Waals surface area contributed by atoms with Gasteiger partial charge in [-0.2, -0.15) is 0 Å². The zero-order valence-corrected chi connectivity index (χ0v) is 14.2. The van der Waals surface area contributed by atoms with Crippen LogP contribution in [0.3, 0.4) is 0 Å². The molecule has 0 radical (unpaired) electrons. The monoisotopic (exact) mass is 342 g/mol. The quantitative estimate of drug-likeness (QED) is 0.862. The highest BCUT2D eigenvalue weighted by Crippen LogP contribution is 2.18. The molecular formula is C14H22N4O4S. The summed E-state index contributed by atoms with van der Waals surface area (Å²) in [4.78, 5) is 19.6. The van der Waals surface area contributed by atoms with Crippen molar-refractivity contribution in [2.75, 3.05) is 48.2 Å². The first-order valence-corrected chi connectivity index (χ1v) is 9.23. The van der Waals surface area contributed by atoms with Crippen LogP contribution < -0.4 is 9.62 Å². The van der Waals surface area contributed by atoms with Gasteiger partial charge in [-0.05, 0) is 26.0 Å². The average molecular weight is 342 g/mol. The molecule has 23 heavy (non-hydrogen) atoms. The van der Waals surface area contributed by atoms with Gasteiger partial charge in [-0.15, -0.1) is 0 Å². The molecule has 0 unspecified atom stereocenters. The summed E-state index contributed by atoms with van der Waals surface area (Å²) < 4.78 is 30.4. The van der Waals surface area contributed by atoms with Crippen molar-refractivity contribution in [3.63, 3.8) is 0 Å². The third-order valence-electron chi connectivity index (χ3n) is 3.56. The van der Waals surface area contributed by atoms with Gasteiger partial charge in [-0.25, -0.2) is 18.2 Å². The van der Waals surface area contributed by atoms with Crippen molar-refractivity contribution in [3.8, 4) is 0 Å². The molecule has 9 heteroatoms. The molecular weight excluding hydrogens is 320 g/mol. The minimum Gasteiger partial charge on any atom is -0.450 e. The van der Waals surface area contributed by atoms with Gasteiger partial charge >= 0.3 is 6.09 Å². The van der Waals surface area contributed by atoms with Crippen LogP contribution in [-0.2, 0) is 14.8 Å². The number of carbonyl (C=O) groups is 1. The molecule has 1 aromatic heterocycles. The summed E-state index contributed by atoms with van der Waals surface area (Å²) >= 11 is 0. The lowest BCUT2D eigenvalue weighted by Gasteiger charge is -2.35. The van der Waals surface area contributed by atoms with Gasteiger partial charge in [0.2, 0.25) is 10.0 Å². The van der Waals surface area contributed by atoms with E-state index in [9.17, 15) is 13.2 Å². The fourth-order valence-electron chi connectivity index (χ4n) is 2.23. The SMILES string of the molecule is CCOC(=O)N1CCN(c2ccc(NS(=O)(=O)CC)nc2)CC1. The van der Waals surface area contributed by atoms with Crippen LogP contribution in [0.25, 0.3) is 0 Å². The fourth-order valence-corrected chi connectivity index (χ4v) is 2.81. The first-order chi connectivity index (χ1) is 10.9. The number of sulfonamides is 1. The topological polar surface area (TPSA) is 91.8 Å². The number of amides is 1. The first kappa shape index (κ1) is 17.3. The fraction of sp³-hybridized carbons (Fsp3) is 0.571. The summed E-state index contributed by atoms with van der Waals surface area (Å²) in [6.45, 7) is 6.26. The van der Waals surface area contributed by atoms with E-state index in [0.717, 1.165) is 5.69 Å². The molecule has 1 aromatic rings. The number of nitrogens with one attached hydrogen (secondary N) is 1. The number of hydrogen-bond donors (Lipinski definition) is 1. The number of carbonyl (C=O) groups excluding carboxylic acids is 1. The van der Waals surface area contributed by atoms with Crippen LogP contribution in [0.5, 0.6) is 0 Å². The predicted molar refractivity (Wildman–Crippen MR) is 88.1 cm³/mol. The Balaban J connectivity index is 1.93. The van der Waals surface area contributed by atoms with Gasteiger partial charge in [0.15, 0.2) is 0 Å². The van der Waals surface area contributed by atoms with E-state index in [0.29, 0.717) is 38.6 Å². The van der Waals surface area contributed by atoms with Gasteiger partial charge in [-0.1, -0.05) is 0 Å². The highest BCUT2D eigenvalue weighted by Gasteiger charge is 2.22. The van der Waals surface area contributed by atoms with Crippen molar-refractivity contribution in [2.24, 2.45) is 0 Å². The minimum atomic E-state index is -3.32. The Kier molecular flexibility index (Phi) is 5.64. The summed E-state index contributed by atoms with van der Waals surface area (Å²) in [6.07, 6.45) is 1.35. The zero-order valence-electron chi connectivity index (χ0n) is 13.4. The van der Waals surface area contributed by atoms with Crippen LogP contribution in [0.4, 0.5) is 16.3 Å². The van der Waals surface area contributed by atoms with Gasteiger partial charge < -0.3 is 14.5 Å². The molecule has 1 saturated heterocycles. The van der Waals surface area contributed by atoms with Gasteiger partial charge in [0.1, 0.15) is 5.82 Å². The molecule has 2 rings (SSSR count). The maximum atomic E-state index is 11.7. The van der Waals surface area contributed by atoms with Gasteiger partial charge in [0.25, 0.3) is 0 Å². The average Bonchev–Trinajstić information content (AvgIpc) is 2.56. The molecule has 1 fully saturated rings. The van der Waals surface area contributed by atoms with Crippen LogP contribution in [0.2, 0.25) is 0 Å². The number of piperazine rings is 1. The largest absolute Gasteiger partial charge is 0.450 e. The third kappa shape index (κ3) is 4.72. The molecule has 1 aliphatic rings. The molecule has 0 bridgehead atoms. The lowest BCUT2D eigenvalue weighted by Crippen LogP contribution is -2.49. The van der Waals surface area contributed by atoms with Crippen molar-refractivity contribution in [1.82, 2.24) is 9.88 Å². The van der Waals surface area contributed by atoms with E-state index in [4.69, 9.17) is 4.74 Å². The number of aromatic nitrogens is 1. The molecule has 0 aliphatic carbocycles. The van der Waals surface area contributed by atoms with Crippen LogP contribution in [0.15, 0.2) is 18.3 Å². The second-order valence-corrected chi connectivity index (χ2v) is 7.09. The molecule has 0 aromatic carbocycles. The van der Waals surface area contributed by atoms with Crippen LogP contribution in [-0.4, -0.2) is 62.9 Å². The minimum absolute atomic E-state index is 0.00620. The Morgan fingerprint density at radius 3 is 2.48 bits per heavy atom. The van der Waals surface area contributed by atoms with E-state index >= 15 is 0 Å². The number of hydrogen-bond acceptors (Lipinski definition) is 6. The summed E-state index contributed by atoms with van der Waals surface area (Å²) in [5, 5.41) is 0. The lowest BCUT2D eigenvalue weighted by molar-refractivity contribution is 0.105. The van der Waals surface area contributed by atoms with E-state index in [-0.39, 0.29) is 11.8 Å². The molecule has 2 heterocycles. The van der Waals surface area contributed by atoms with Crippen molar-refractivity contribution >= 4 is 27.6 Å². The normalized spacial score (nSPS) is 15.4. The standard InChI is InChI=1S/C14H22N4O4S/c1-3-22-14(19)18-9-7-17(8-10-18)12-5-6-13(15-11-12)16-23(20,21)4-2/h5-6,11H,3-4,7-10H2,1-2H3,(H,15,16). The van der Waals surface area contributed by atoms with E-state index in [2.05, 4.69) is 14.6 Å². The van der Waals surface area contributed by atoms with Gasteiger partial charge in [-0.3, -0.25) is 4.72 Å². The Hall–Kier alpha value is -2.03. The Bertz CT molecular complexity index is 625. The summed E-state index contributed by atoms with van der Waals surface area (Å²) in [5.74, 6) is 0.312. The second kappa shape index (κ2) is 7.49. The van der Waals surface area contributed by atoms with Gasteiger partial charge in [0.05, 0.1) is 24.2 Å². The lowest BCUT2D eigenvalue weighted by atomic mass is 10.3. The summed E-state index contributed by atoms with van der Waals surface area (Å²) in [6, 6.07) is 3.46. The van der Waals surface area contributed by atoms with E-state index in [1.807, 2.05) is 6.07 Å². The van der Waals surface area contributed by atoms with Crippen molar-refractivity contribution < 1.29 is 17.9 Å². The maximum absolute atomic E-state index is 11.7. The van der Waals surface area contributed by atoms with Crippen molar-refractivity contribution in [1.29, 1.82) is 0 Å². The first-order valence-electron chi connectivity index (χ1n) is 7.58. The highest BCUT2D eigenvalue weighted by molar-refractivity contribution is 7.92. The highest BCUT2D eigenvalue weighted by atomic mass is 32.2.